The highest BCUT2D eigenvalue weighted by molar-refractivity contribution is 5.90. The molecule has 1 N–H and O–H groups in total. The molecule has 1 aliphatic heterocycles. The number of aliphatic hydroxyl groups is 1. The molecule has 0 aromatic heterocycles. The van der Waals surface area contributed by atoms with Crippen molar-refractivity contribution in [3.8, 4) is 5.75 Å². The summed E-state index contributed by atoms with van der Waals surface area (Å²) in [7, 11) is 1.64. The molecular weight excluding hydrogens is 419 g/mol. The standard InChI is InChI=1S/C28H29FO4/c1-17-13-19(5-10-25(17)29)27-23-8-6-21(32-4)14-18(23)11-12-28(2,3)24(27)9-7-22-15-20(30)16-26(31)33-22/h5-14,20,22,30H,15-16H2,1-4H3/b9-7+/t20-,22-/m0/s1. The van der Waals surface area contributed by atoms with E-state index in [0.717, 1.165) is 33.6 Å². The summed E-state index contributed by atoms with van der Waals surface area (Å²) in [5.74, 6) is 0.109. The van der Waals surface area contributed by atoms with E-state index in [9.17, 15) is 14.3 Å². The lowest BCUT2D eigenvalue weighted by atomic mass is 9.78. The van der Waals surface area contributed by atoms with Gasteiger partial charge in [0.2, 0.25) is 0 Å². The van der Waals surface area contributed by atoms with Crippen molar-refractivity contribution in [2.24, 2.45) is 5.41 Å². The van der Waals surface area contributed by atoms with Gasteiger partial charge in [-0.1, -0.05) is 44.2 Å². The monoisotopic (exact) mass is 448 g/mol. The number of benzene rings is 2. The molecule has 0 bridgehead atoms. The number of cyclic esters (lactones) is 1. The van der Waals surface area contributed by atoms with Gasteiger partial charge in [0.25, 0.3) is 0 Å². The van der Waals surface area contributed by atoms with Crippen molar-refractivity contribution in [1.29, 1.82) is 0 Å². The Hall–Kier alpha value is -3.18. The minimum absolute atomic E-state index is 0.0244. The molecule has 5 heteroatoms. The van der Waals surface area contributed by atoms with Crippen LogP contribution in [0.2, 0.25) is 0 Å². The van der Waals surface area contributed by atoms with E-state index >= 15 is 0 Å². The van der Waals surface area contributed by atoms with Crippen LogP contribution in [0, 0.1) is 18.2 Å². The minimum Gasteiger partial charge on any atom is -0.497 e. The van der Waals surface area contributed by atoms with E-state index in [0.29, 0.717) is 12.0 Å². The molecule has 1 aliphatic carbocycles. The topological polar surface area (TPSA) is 55.8 Å². The molecule has 0 amide bonds. The van der Waals surface area contributed by atoms with Gasteiger partial charge in [-0.25, -0.2) is 4.39 Å². The number of ether oxygens (including phenoxy) is 2. The highest BCUT2D eigenvalue weighted by Crippen LogP contribution is 2.44. The van der Waals surface area contributed by atoms with Crippen LogP contribution < -0.4 is 4.74 Å². The van der Waals surface area contributed by atoms with E-state index in [2.05, 4.69) is 26.0 Å². The van der Waals surface area contributed by atoms with Gasteiger partial charge in [-0.2, -0.15) is 0 Å². The second-order valence-electron chi connectivity index (χ2n) is 9.24. The molecule has 2 aromatic carbocycles. The number of aryl methyl sites for hydroxylation is 1. The van der Waals surface area contributed by atoms with Gasteiger partial charge in [0, 0.05) is 11.8 Å². The Balaban J connectivity index is 1.93. The summed E-state index contributed by atoms with van der Waals surface area (Å²) in [4.78, 5) is 11.8. The zero-order valence-corrected chi connectivity index (χ0v) is 19.4. The zero-order chi connectivity index (χ0) is 23.8. The van der Waals surface area contributed by atoms with Crippen LogP contribution in [0.4, 0.5) is 4.39 Å². The van der Waals surface area contributed by atoms with Crippen molar-refractivity contribution in [3.63, 3.8) is 0 Å². The molecule has 0 spiro atoms. The van der Waals surface area contributed by atoms with Gasteiger partial charge >= 0.3 is 5.97 Å². The average molecular weight is 449 g/mol. The zero-order valence-electron chi connectivity index (χ0n) is 19.4. The van der Waals surface area contributed by atoms with Crippen LogP contribution >= 0.6 is 0 Å². The van der Waals surface area contributed by atoms with Crippen LogP contribution in [-0.2, 0) is 9.53 Å². The number of methoxy groups -OCH3 is 1. The van der Waals surface area contributed by atoms with Gasteiger partial charge in [-0.3, -0.25) is 4.79 Å². The summed E-state index contributed by atoms with van der Waals surface area (Å²) in [5, 5.41) is 10.00. The third kappa shape index (κ3) is 4.79. The predicted octanol–water partition coefficient (Wildman–Crippen LogP) is 5.62. The van der Waals surface area contributed by atoms with Gasteiger partial charge in [-0.15, -0.1) is 0 Å². The number of carbonyl (C=O) groups is 1. The van der Waals surface area contributed by atoms with Crippen molar-refractivity contribution < 1.29 is 23.8 Å². The Morgan fingerprint density at radius 3 is 2.70 bits per heavy atom. The Morgan fingerprint density at radius 1 is 1.21 bits per heavy atom. The molecule has 1 saturated heterocycles. The lowest BCUT2D eigenvalue weighted by Gasteiger charge is -2.27. The van der Waals surface area contributed by atoms with Crippen LogP contribution in [0.25, 0.3) is 11.6 Å². The summed E-state index contributed by atoms with van der Waals surface area (Å²) in [6, 6.07) is 11.1. The van der Waals surface area contributed by atoms with E-state index in [4.69, 9.17) is 9.47 Å². The number of carbonyl (C=O) groups excluding carboxylic acids is 1. The van der Waals surface area contributed by atoms with Gasteiger partial charge in [0.15, 0.2) is 0 Å². The van der Waals surface area contributed by atoms with Crippen molar-refractivity contribution in [2.45, 2.75) is 45.8 Å². The molecular formula is C28H29FO4. The number of halogens is 1. The minimum atomic E-state index is -0.704. The maximum Gasteiger partial charge on any atom is 0.309 e. The first-order valence-electron chi connectivity index (χ1n) is 11.1. The number of allylic oxidation sites excluding steroid dienone is 3. The van der Waals surface area contributed by atoms with Crippen molar-refractivity contribution in [2.75, 3.05) is 7.11 Å². The molecule has 0 saturated carbocycles. The van der Waals surface area contributed by atoms with Gasteiger partial charge in [0.1, 0.15) is 17.7 Å². The van der Waals surface area contributed by atoms with Crippen molar-refractivity contribution >= 4 is 17.6 Å². The second kappa shape index (κ2) is 8.99. The van der Waals surface area contributed by atoms with Gasteiger partial charge < -0.3 is 14.6 Å². The molecule has 2 atom stereocenters. The highest BCUT2D eigenvalue weighted by Gasteiger charge is 2.29. The second-order valence-corrected chi connectivity index (χ2v) is 9.24. The molecule has 2 aliphatic rings. The Morgan fingerprint density at radius 2 is 2.00 bits per heavy atom. The van der Waals surface area contributed by atoms with Crippen molar-refractivity contribution in [1.82, 2.24) is 0 Å². The lowest BCUT2D eigenvalue weighted by Crippen LogP contribution is -2.31. The number of hydrogen-bond acceptors (Lipinski definition) is 4. The lowest BCUT2D eigenvalue weighted by molar-refractivity contribution is -0.156. The van der Waals surface area contributed by atoms with Crippen LogP contribution in [0.15, 0.2) is 60.2 Å². The van der Waals surface area contributed by atoms with Gasteiger partial charge in [-0.05, 0) is 70.7 Å². The molecule has 1 fully saturated rings. The Labute approximate surface area is 194 Å². The average Bonchev–Trinajstić information content (AvgIpc) is 2.87. The molecule has 0 unspecified atom stereocenters. The molecule has 4 nitrogen and oxygen atoms in total. The Bertz CT molecular complexity index is 1170. The maximum atomic E-state index is 14.1. The summed E-state index contributed by atoms with van der Waals surface area (Å²) < 4.78 is 25.0. The van der Waals surface area contributed by atoms with Crippen LogP contribution in [-0.4, -0.2) is 30.4 Å². The fourth-order valence-corrected chi connectivity index (χ4v) is 4.43. The smallest absolute Gasteiger partial charge is 0.309 e. The number of hydrogen-bond donors (Lipinski definition) is 1. The van der Waals surface area contributed by atoms with Gasteiger partial charge in [0.05, 0.1) is 19.6 Å². The number of rotatable bonds is 4. The predicted molar refractivity (Wildman–Crippen MR) is 127 cm³/mol. The largest absolute Gasteiger partial charge is 0.497 e. The Kier molecular flexibility index (Phi) is 6.26. The van der Waals surface area contributed by atoms with E-state index in [-0.39, 0.29) is 17.7 Å². The summed E-state index contributed by atoms with van der Waals surface area (Å²) in [6.07, 6.45) is 7.23. The van der Waals surface area contributed by atoms with E-state index < -0.39 is 18.2 Å². The first-order chi connectivity index (χ1) is 15.7. The number of aliphatic hydroxyl groups excluding tert-OH is 1. The molecule has 4 rings (SSSR count). The summed E-state index contributed by atoms with van der Waals surface area (Å²) >= 11 is 0. The number of esters is 1. The first kappa shape index (κ1) is 23.0. The fourth-order valence-electron chi connectivity index (χ4n) is 4.43. The molecule has 33 heavy (non-hydrogen) atoms. The maximum absolute atomic E-state index is 14.1. The fraction of sp³-hybridized carbons (Fsp3) is 0.321. The normalized spacial score (nSPS) is 22.2. The first-order valence-corrected chi connectivity index (χ1v) is 11.1. The number of fused-ring (bicyclic) bond motifs is 1. The summed E-state index contributed by atoms with van der Waals surface area (Å²) in [6.45, 7) is 5.99. The molecule has 2 aromatic rings. The van der Waals surface area contributed by atoms with E-state index in [1.54, 1.807) is 20.1 Å². The molecule has 172 valence electrons. The highest BCUT2D eigenvalue weighted by atomic mass is 19.1. The summed E-state index contributed by atoms with van der Waals surface area (Å²) in [5.41, 5.74) is 5.08. The SMILES string of the molecule is COc1ccc2c(c1)C=CC(C)(C)C(/C=C/[C@H]1C[C@H](O)CC(=O)O1)=C2c1ccc(F)c(C)c1. The molecule has 0 radical (unpaired) electrons. The van der Waals surface area contributed by atoms with E-state index in [1.807, 2.05) is 36.4 Å². The quantitative estimate of drug-likeness (QED) is 0.617. The van der Waals surface area contributed by atoms with Crippen LogP contribution in [0.5, 0.6) is 5.75 Å². The van der Waals surface area contributed by atoms with Crippen LogP contribution in [0.1, 0.15) is 48.9 Å². The molecule has 1 heterocycles. The third-order valence-electron chi connectivity index (χ3n) is 6.28. The van der Waals surface area contributed by atoms with Crippen LogP contribution in [0.3, 0.4) is 0 Å². The van der Waals surface area contributed by atoms with E-state index in [1.165, 1.54) is 6.07 Å². The van der Waals surface area contributed by atoms with Crippen molar-refractivity contribution in [3.05, 3.63) is 88.3 Å². The third-order valence-corrected chi connectivity index (χ3v) is 6.28.